The van der Waals surface area contributed by atoms with E-state index < -0.39 is 6.10 Å². The molecular weight excluding hydrogens is 348 g/mol. The quantitative estimate of drug-likeness (QED) is 0.462. The van der Waals surface area contributed by atoms with Crippen molar-refractivity contribution in [3.8, 4) is 11.5 Å². The van der Waals surface area contributed by atoms with Gasteiger partial charge in [-0.2, -0.15) is 0 Å². The smallest absolute Gasteiger partial charge is 0.317 e. The summed E-state index contributed by atoms with van der Waals surface area (Å²) < 4.78 is 11.0. The molecule has 0 spiro atoms. The van der Waals surface area contributed by atoms with Crippen molar-refractivity contribution in [1.29, 1.82) is 0 Å². The summed E-state index contributed by atoms with van der Waals surface area (Å²) in [4.78, 5) is 13.2. The summed E-state index contributed by atoms with van der Waals surface area (Å²) in [6.45, 7) is 5.81. The zero-order chi connectivity index (χ0) is 18.5. The number of hydrogen-bond donors (Lipinski definition) is 0. The van der Waals surface area contributed by atoms with Crippen molar-refractivity contribution in [2.45, 2.75) is 31.8 Å². The topological polar surface area (TPSA) is 65.2 Å². The number of hydrogen-bond acceptors (Lipinski definition) is 6. The molecule has 1 aromatic heterocycles. The van der Waals surface area contributed by atoms with Gasteiger partial charge in [0.2, 0.25) is 5.89 Å². The maximum absolute atomic E-state index is 12.1. The van der Waals surface area contributed by atoms with Crippen LogP contribution < -0.4 is 0 Å². The summed E-state index contributed by atoms with van der Waals surface area (Å²) in [7, 11) is 0. The Labute approximate surface area is 156 Å². The lowest BCUT2D eigenvalue weighted by Crippen LogP contribution is -2.11. The number of aryl methyl sites for hydroxylation is 2. The van der Waals surface area contributed by atoms with E-state index in [1.54, 1.807) is 6.92 Å². The van der Waals surface area contributed by atoms with Gasteiger partial charge in [-0.3, -0.25) is 4.79 Å². The molecule has 0 bridgehead atoms. The average Bonchev–Trinajstić information content (AvgIpc) is 3.12. The van der Waals surface area contributed by atoms with E-state index in [0.29, 0.717) is 5.89 Å². The number of aromatic nitrogens is 2. The molecule has 0 saturated heterocycles. The lowest BCUT2D eigenvalue weighted by Gasteiger charge is -2.10. The molecule has 1 atom stereocenters. The largest absolute Gasteiger partial charge is 0.452 e. The van der Waals surface area contributed by atoms with Gasteiger partial charge in [0, 0.05) is 10.5 Å². The number of esters is 1. The van der Waals surface area contributed by atoms with Crippen LogP contribution >= 0.6 is 11.8 Å². The molecule has 0 amide bonds. The third-order valence-electron chi connectivity index (χ3n) is 3.79. The second-order valence-corrected chi connectivity index (χ2v) is 7.02. The van der Waals surface area contributed by atoms with Crippen LogP contribution in [0.5, 0.6) is 0 Å². The highest BCUT2D eigenvalue weighted by Crippen LogP contribution is 2.25. The van der Waals surface area contributed by atoms with Crippen molar-refractivity contribution in [3.05, 3.63) is 65.5 Å². The first-order valence-corrected chi connectivity index (χ1v) is 9.30. The number of nitrogens with zero attached hydrogens (tertiary/aromatic N) is 2. The molecule has 0 aliphatic carbocycles. The van der Waals surface area contributed by atoms with Crippen LogP contribution in [-0.4, -0.2) is 21.9 Å². The molecule has 0 N–H and O–H groups in total. The molecular formula is C20H20N2O3S. The van der Waals surface area contributed by atoms with Crippen LogP contribution in [0, 0.1) is 13.8 Å². The number of carbonyl (C=O) groups excluding carboxylic acids is 1. The van der Waals surface area contributed by atoms with Gasteiger partial charge < -0.3 is 9.15 Å². The predicted molar refractivity (Wildman–Crippen MR) is 101 cm³/mol. The molecule has 2 aromatic carbocycles. The normalized spacial score (nSPS) is 12.0. The predicted octanol–water partition coefficient (Wildman–Crippen LogP) is 4.75. The summed E-state index contributed by atoms with van der Waals surface area (Å²) in [6.07, 6.45) is -0.591. The zero-order valence-electron chi connectivity index (χ0n) is 14.9. The molecule has 26 heavy (non-hydrogen) atoms. The molecule has 0 fully saturated rings. The standard InChI is InChI=1S/C20H20N2O3S/c1-13-9-10-17(14(2)11-13)26-12-18(23)24-15(3)19-21-22-20(25-19)16-7-5-4-6-8-16/h4-11,15H,12H2,1-3H3/t15-/m0/s1. The molecule has 6 heteroatoms. The Bertz CT molecular complexity index is 893. The zero-order valence-corrected chi connectivity index (χ0v) is 15.7. The molecule has 0 unspecified atom stereocenters. The van der Waals surface area contributed by atoms with Gasteiger partial charge in [0.05, 0.1) is 5.75 Å². The molecule has 5 nitrogen and oxygen atoms in total. The number of benzene rings is 2. The van der Waals surface area contributed by atoms with Gasteiger partial charge in [-0.05, 0) is 44.5 Å². The Kier molecular flexibility index (Phi) is 5.73. The first-order chi connectivity index (χ1) is 12.5. The van der Waals surface area contributed by atoms with Gasteiger partial charge in [-0.15, -0.1) is 22.0 Å². The fourth-order valence-corrected chi connectivity index (χ4v) is 3.27. The summed E-state index contributed by atoms with van der Waals surface area (Å²) in [5.41, 5.74) is 3.18. The van der Waals surface area contributed by atoms with E-state index in [4.69, 9.17) is 9.15 Å². The van der Waals surface area contributed by atoms with E-state index in [9.17, 15) is 4.79 Å². The second kappa shape index (κ2) is 8.19. The third kappa shape index (κ3) is 4.52. The first-order valence-electron chi connectivity index (χ1n) is 8.31. The van der Waals surface area contributed by atoms with Gasteiger partial charge in [-0.1, -0.05) is 35.9 Å². The minimum absolute atomic E-state index is 0.230. The molecule has 3 rings (SSSR count). The monoisotopic (exact) mass is 368 g/mol. The maximum atomic E-state index is 12.1. The van der Waals surface area contributed by atoms with Crippen molar-refractivity contribution in [2.24, 2.45) is 0 Å². The Morgan fingerprint density at radius 1 is 1.15 bits per heavy atom. The molecule has 3 aromatic rings. The number of thioether (sulfide) groups is 1. The van der Waals surface area contributed by atoms with Crippen molar-refractivity contribution >= 4 is 17.7 Å². The second-order valence-electron chi connectivity index (χ2n) is 6.00. The Balaban J connectivity index is 1.57. The van der Waals surface area contributed by atoms with Crippen molar-refractivity contribution in [1.82, 2.24) is 10.2 Å². The summed E-state index contributed by atoms with van der Waals surface area (Å²) in [5.74, 6) is 0.609. The highest BCUT2D eigenvalue weighted by molar-refractivity contribution is 8.00. The van der Waals surface area contributed by atoms with Crippen LogP contribution in [0.3, 0.4) is 0 Å². The fourth-order valence-electron chi connectivity index (χ4n) is 2.48. The van der Waals surface area contributed by atoms with Crippen LogP contribution in [0.1, 0.15) is 30.0 Å². The minimum atomic E-state index is -0.591. The van der Waals surface area contributed by atoms with Gasteiger partial charge in [0.15, 0.2) is 6.10 Å². The summed E-state index contributed by atoms with van der Waals surface area (Å²) in [6, 6.07) is 15.6. The van der Waals surface area contributed by atoms with E-state index in [1.807, 2.05) is 56.3 Å². The Morgan fingerprint density at radius 3 is 2.65 bits per heavy atom. The van der Waals surface area contributed by atoms with E-state index in [2.05, 4.69) is 16.3 Å². The molecule has 0 aliphatic rings. The third-order valence-corrected chi connectivity index (χ3v) is 4.94. The highest BCUT2D eigenvalue weighted by atomic mass is 32.2. The van der Waals surface area contributed by atoms with Crippen molar-refractivity contribution < 1.29 is 13.9 Å². The van der Waals surface area contributed by atoms with Gasteiger partial charge >= 0.3 is 5.97 Å². The Morgan fingerprint density at radius 2 is 1.92 bits per heavy atom. The van der Waals surface area contributed by atoms with Crippen LogP contribution in [0.15, 0.2) is 57.8 Å². The highest BCUT2D eigenvalue weighted by Gasteiger charge is 2.19. The molecule has 0 aliphatic heterocycles. The number of rotatable bonds is 6. The lowest BCUT2D eigenvalue weighted by atomic mass is 10.2. The molecule has 1 heterocycles. The van der Waals surface area contributed by atoms with E-state index in [0.717, 1.165) is 16.0 Å². The van der Waals surface area contributed by atoms with E-state index in [-0.39, 0.29) is 17.6 Å². The summed E-state index contributed by atoms with van der Waals surface area (Å²) in [5, 5.41) is 8.00. The average molecular weight is 368 g/mol. The van der Waals surface area contributed by atoms with Gasteiger partial charge in [0.1, 0.15) is 0 Å². The SMILES string of the molecule is Cc1ccc(SCC(=O)O[C@@H](C)c2nnc(-c3ccccc3)o2)c(C)c1. The van der Waals surface area contributed by atoms with E-state index >= 15 is 0 Å². The van der Waals surface area contributed by atoms with E-state index in [1.165, 1.54) is 17.3 Å². The molecule has 0 radical (unpaired) electrons. The van der Waals surface area contributed by atoms with Crippen LogP contribution in [0.2, 0.25) is 0 Å². The van der Waals surface area contributed by atoms with Crippen LogP contribution in [-0.2, 0) is 9.53 Å². The molecule has 0 saturated carbocycles. The summed E-state index contributed by atoms with van der Waals surface area (Å²) >= 11 is 1.46. The van der Waals surface area contributed by atoms with Crippen molar-refractivity contribution in [2.75, 3.05) is 5.75 Å². The Hall–Kier alpha value is -2.60. The number of carbonyl (C=O) groups is 1. The van der Waals surface area contributed by atoms with Gasteiger partial charge in [0.25, 0.3) is 5.89 Å². The van der Waals surface area contributed by atoms with Gasteiger partial charge in [-0.25, -0.2) is 0 Å². The maximum Gasteiger partial charge on any atom is 0.317 e. The minimum Gasteiger partial charge on any atom is -0.452 e. The fraction of sp³-hybridized carbons (Fsp3) is 0.250. The molecule has 134 valence electrons. The first kappa shape index (κ1) is 18.2. The number of ether oxygens (including phenoxy) is 1. The van der Waals surface area contributed by atoms with Crippen LogP contribution in [0.4, 0.5) is 0 Å². The van der Waals surface area contributed by atoms with Crippen molar-refractivity contribution in [3.63, 3.8) is 0 Å². The van der Waals surface area contributed by atoms with Crippen LogP contribution in [0.25, 0.3) is 11.5 Å². The lowest BCUT2D eigenvalue weighted by molar-refractivity contribution is -0.146.